The second kappa shape index (κ2) is 6.62. The van der Waals surface area contributed by atoms with Crippen molar-refractivity contribution in [3.63, 3.8) is 0 Å². The Kier molecular flexibility index (Phi) is 6.29. The third-order valence-corrected chi connectivity index (χ3v) is 1.17. The highest BCUT2D eigenvalue weighted by molar-refractivity contribution is 4.73. The zero-order valence-electron chi connectivity index (χ0n) is 6.94. The van der Waals surface area contributed by atoms with Crippen molar-refractivity contribution in [3.8, 4) is 0 Å². The van der Waals surface area contributed by atoms with Gasteiger partial charge < -0.3 is 10.1 Å². The van der Waals surface area contributed by atoms with Crippen LogP contribution >= 0.6 is 0 Å². The standard InChI is InChI=1S/C8H17NO/c1-8(2)10-7-5-4-6-9-3/h9H,1,4-7H2,2-3H3. The maximum absolute atomic E-state index is 5.17. The molecule has 0 saturated carbocycles. The largest absolute Gasteiger partial charge is 0.499 e. The molecule has 0 aromatic carbocycles. The molecule has 1 N–H and O–H groups in total. The van der Waals surface area contributed by atoms with Crippen LogP contribution < -0.4 is 5.32 Å². The highest BCUT2D eigenvalue weighted by Crippen LogP contribution is 1.94. The number of hydrogen-bond acceptors (Lipinski definition) is 2. The molecule has 0 bridgehead atoms. The lowest BCUT2D eigenvalue weighted by Crippen LogP contribution is -2.08. The van der Waals surface area contributed by atoms with Crippen molar-refractivity contribution in [2.45, 2.75) is 19.8 Å². The molecule has 0 amide bonds. The molecule has 2 heteroatoms. The first-order chi connectivity index (χ1) is 4.77. The first kappa shape index (κ1) is 9.50. The average Bonchev–Trinajstić information content (AvgIpc) is 1.87. The number of unbranched alkanes of at least 4 members (excludes halogenated alkanes) is 1. The monoisotopic (exact) mass is 143 g/mol. The molecule has 10 heavy (non-hydrogen) atoms. The van der Waals surface area contributed by atoms with Gasteiger partial charge in [-0.05, 0) is 33.4 Å². The molecule has 0 aliphatic heterocycles. The van der Waals surface area contributed by atoms with Crippen LogP contribution in [-0.2, 0) is 4.74 Å². The summed E-state index contributed by atoms with van der Waals surface area (Å²) in [6.45, 7) is 7.38. The van der Waals surface area contributed by atoms with Crippen LogP contribution in [0.4, 0.5) is 0 Å². The Morgan fingerprint density at radius 3 is 2.70 bits per heavy atom. The van der Waals surface area contributed by atoms with Crippen LogP contribution in [0, 0.1) is 0 Å². The van der Waals surface area contributed by atoms with E-state index in [1.54, 1.807) is 0 Å². The Balaban J connectivity index is 2.84. The summed E-state index contributed by atoms with van der Waals surface area (Å²) in [5.41, 5.74) is 0. The van der Waals surface area contributed by atoms with Gasteiger partial charge in [0.25, 0.3) is 0 Å². The molecule has 0 aromatic rings. The van der Waals surface area contributed by atoms with Crippen molar-refractivity contribution in [3.05, 3.63) is 12.3 Å². The van der Waals surface area contributed by atoms with E-state index in [4.69, 9.17) is 4.74 Å². The predicted octanol–water partition coefficient (Wildman–Crippen LogP) is 1.54. The van der Waals surface area contributed by atoms with E-state index in [2.05, 4.69) is 11.9 Å². The fourth-order valence-corrected chi connectivity index (χ4v) is 0.650. The lowest BCUT2D eigenvalue weighted by atomic mass is 10.3. The molecule has 0 radical (unpaired) electrons. The van der Waals surface area contributed by atoms with Gasteiger partial charge in [0.05, 0.1) is 12.4 Å². The third-order valence-electron chi connectivity index (χ3n) is 1.17. The second-order valence-corrected chi connectivity index (χ2v) is 2.36. The molecular weight excluding hydrogens is 126 g/mol. The molecule has 0 atom stereocenters. The normalized spacial score (nSPS) is 9.40. The molecular formula is C8H17NO. The maximum Gasteiger partial charge on any atom is 0.0877 e. The Bertz CT molecular complexity index is 91.3. The average molecular weight is 143 g/mol. The van der Waals surface area contributed by atoms with Gasteiger partial charge in [-0.15, -0.1) is 0 Å². The minimum absolute atomic E-state index is 0.803. The van der Waals surface area contributed by atoms with Crippen LogP contribution in [0.3, 0.4) is 0 Å². The molecule has 0 spiro atoms. The quantitative estimate of drug-likeness (QED) is 0.450. The number of ether oxygens (including phenoxy) is 1. The molecule has 0 rings (SSSR count). The fourth-order valence-electron chi connectivity index (χ4n) is 0.650. The van der Waals surface area contributed by atoms with Crippen molar-refractivity contribution < 1.29 is 4.74 Å². The van der Waals surface area contributed by atoms with E-state index in [0.717, 1.165) is 25.3 Å². The predicted molar refractivity (Wildman–Crippen MR) is 43.9 cm³/mol. The van der Waals surface area contributed by atoms with Crippen LogP contribution in [0.1, 0.15) is 19.8 Å². The van der Waals surface area contributed by atoms with Gasteiger partial charge in [-0.25, -0.2) is 0 Å². The van der Waals surface area contributed by atoms with Crippen LogP contribution in [-0.4, -0.2) is 20.2 Å². The van der Waals surface area contributed by atoms with Crippen LogP contribution in [0.5, 0.6) is 0 Å². The smallest absolute Gasteiger partial charge is 0.0877 e. The van der Waals surface area contributed by atoms with Crippen molar-refractivity contribution in [1.82, 2.24) is 5.32 Å². The minimum Gasteiger partial charge on any atom is -0.499 e. The summed E-state index contributed by atoms with van der Waals surface area (Å²) in [5, 5.41) is 3.08. The van der Waals surface area contributed by atoms with Gasteiger partial charge >= 0.3 is 0 Å². The van der Waals surface area contributed by atoms with Gasteiger partial charge in [0.1, 0.15) is 0 Å². The van der Waals surface area contributed by atoms with E-state index >= 15 is 0 Å². The summed E-state index contributed by atoms with van der Waals surface area (Å²) in [4.78, 5) is 0. The number of hydrogen-bond donors (Lipinski definition) is 1. The van der Waals surface area contributed by atoms with E-state index in [-0.39, 0.29) is 0 Å². The van der Waals surface area contributed by atoms with Crippen molar-refractivity contribution >= 4 is 0 Å². The summed E-state index contributed by atoms with van der Waals surface area (Å²) in [6, 6.07) is 0. The first-order valence-electron chi connectivity index (χ1n) is 3.70. The summed E-state index contributed by atoms with van der Waals surface area (Å²) in [5.74, 6) is 0.810. The molecule has 0 unspecified atom stereocenters. The van der Waals surface area contributed by atoms with Gasteiger partial charge in [0, 0.05) is 0 Å². The summed E-state index contributed by atoms with van der Waals surface area (Å²) >= 11 is 0. The molecule has 0 heterocycles. The van der Waals surface area contributed by atoms with Gasteiger partial charge in [-0.2, -0.15) is 0 Å². The highest BCUT2D eigenvalue weighted by Gasteiger charge is 1.87. The van der Waals surface area contributed by atoms with Crippen LogP contribution in [0.15, 0.2) is 12.3 Å². The Morgan fingerprint density at radius 1 is 1.50 bits per heavy atom. The Morgan fingerprint density at radius 2 is 2.20 bits per heavy atom. The molecule has 0 aromatic heterocycles. The van der Waals surface area contributed by atoms with Crippen LogP contribution in [0.2, 0.25) is 0 Å². The third kappa shape index (κ3) is 7.50. The zero-order valence-corrected chi connectivity index (χ0v) is 6.94. The van der Waals surface area contributed by atoms with E-state index in [1.165, 1.54) is 6.42 Å². The highest BCUT2D eigenvalue weighted by atomic mass is 16.5. The fraction of sp³-hybridized carbons (Fsp3) is 0.750. The lowest BCUT2D eigenvalue weighted by molar-refractivity contribution is 0.209. The molecule has 0 aliphatic rings. The summed E-state index contributed by atoms with van der Waals surface area (Å²) in [6.07, 6.45) is 2.28. The van der Waals surface area contributed by atoms with Gasteiger partial charge in [0.15, 0.2) is 0 Å². The lowest BCUT2D eigenvalue weighted by Gasteiger charge is -2.03. The number of rotatable bonds is 6. The molecule has 0 fully saturated rings. The number of nitrogens with one attached hydrogen (secondary N) is 1. The zero-order chi connectivity index (χ0) is 7.82. The van der Waals surface area contributed by atoms with E-state index in [1.807, 2.05) is 14.0 Å². The van der Waals surface area contributed by atoms with Gasteiger partial charge in [-0.1, -0.05) is 6.58 Å². The first-order valence-corrected chi connectivity index (χ1v) is 3.70. The SMILES string of the molecule is C=C(C)OCCCCNC. The van der Waals surface area contributed by atoms with Crippen LogP contribution in [0.25, 0.3) is 0 Å². The molecule has 0 aliphatic carbocycles. The van der Waals surface area contributed by atoms with E-state index in [0.29, 0.717) is 0 Å². The Labute approximate surface area is 63.3 Å². The topological polar surface area (TPSA) is 21.3 Å². The Hall–Kier alpha value is -0.500. The molecule has 2 nitrogen and oxygen atoms in total. The molecule has 60 valence electrons. The second-order valence-electron chi connectivity index (χ2n) is 2.36. The van der Waals surface area contributed by atoms with E-state index in [9.17, 15) is 0 Å². The van der Waals surface area contributed by atoms with Crippen molar-refractivity contribution in [1.29, 1.82) is 0 Å². The summed E-state index contributed by atoms with van der Waals surface area (Å²) in [7, 11) is 1.96. The minimum atomic E-state index is 0.803. The van der Waals surface area contributed by atoms with Gasteiger partial charge in [-0.3, -0.25) is 0 Å². The number of allylic oxidation sites excluding steroid dienone is 1. The maximum atomic E-state index is 5.17. The van der Waals surface area contributed by atoms with Gasteiger partial charge in [0.2, 0.25) is 0 Å². The molecule has 0 saturated heterocycles. The van der Waals surface area contributed by atoms with Crippen molar-refractivity contribution in [2.24, 2.45) is 0 Å². The summed E-state index contributed by atoms with van der Waals surface area (Å²) < 4.78 is 5.17. The van der Waals surface area contributed by atoms with E-state index < -0.39 is 0 Å². The van der Waals surface area contributed by atoms with Crippen molar-refractivity contribution in [2.75, 3.05) is 20.2 Å².